The second kappa shape index (κ2) is 7.02. The van der Waals surface area contributed by atoms with E-state index in [4.69, 9.17) is 4.52 Å². The summed E-state index contributed by atoms with van der Waals surface area (Å²) in [4.78, 5) is 22.3. The molecule has 1 amide bonds. The second-order valence-electron chi connectivity index (χ2n) is 5.12. The van der Waals surface area contributed by atoms with Crippen LogP contribution >= 0.6 is 0 Å². The minimum Gasteiger partial charge on any atom is -0.361 e. The highest BCUT2D eigenvalue weighted by molar-refractivity contribution is 5.94. The average molecular weight is 303 g/mol. The zero-order valence-corrected chi connectivity index (χ0v) is 13.4. The minimum absolute atomic E-state index is 0.134. The maximum Gasteiger partial charge on any atom is 0.229 e. The van der Waals surface area contributed by atoms with E-state index in [1.54, 1.807) is 6.20 Å². The van der Waals surface area contributed by atoms with Crippen LogP contribution in [-0.4, -0.2) is 35.1 Å². The molecule has 0 aromatic carbocycles. The monoisotopic (exact) mass is 303 g/mol. The highest BCUT2D eigenvalue weighted by Gasteiger charge is 2.18. The van der Waals surface area contributed by atoms with E-state index < -0.39 is 0 Å². The van der Waals surface area contributed by atoms with Crippen molar-refractivity contribution >= 4 is 17.4 Å². The zero-order chi connectivity index (χ0) is 16.1. The summed E-state index contributed by atoms with van der Waals surface area (Å²) in [5, 5.41) is 6.88. The molecular formula is C15H21N5O2. The van der Waals surface area contributed by atoms with Crippen molar-refractivity contribution in [3.63, 3.8) is 0 Å². The predicted octanol–water partition coefficient (Wildman–Crippen LogP) is 1.84. The van der Waals surface area contributed by atoms with Gasteiger partial charge in [-0.15, -0.1) is 0 Å². The quantitative estimate of drug-likeness (QED) is 0.876. The van der Waals surface area contributed by atoms with Crippen molar-refractivity contribution < 1.29 is 9.32 Å². The van der Waals surface area contributed by atoms with Crippen LogP contribution in [0.15, 0.2) is 17.0 Å². The molecule has 0 saturated carbocycles. The Hall–Kier alpha value is -2.44. The SMILES string of the molecule is CCc1noc(CC)c1CC(=O)Nc1cncnc1N(C)C. The molecule has 2 heterocycles. The Balaban J connectivity index is 2.16. The third-order valence-electron chi connectivity index (χ3n) is 3.33. The molecule has 0 aliphatic heterocycles. The molecule has 7 nitrogen and oxygen atoms in total. The van der Waals surface area contributed by atoms with E-state index in [9.17, 15) is 4.79 Å². The molecule has 0 fully saturated rings. The van der Waals surface area contributed by atoms with Gasteiger partial charge in [0.15, 0.2) is 5.82 Å². The van der Waals surface area contributed by atoms with Crippen molar-refractivity contribution in [1.82, 2.24) is 15.1 Å². The number of amides is 1. The van der Waals surface area contributed by atoms with Crippen molar-refractivity contribution in [2.45, 2.75) is 33.1 Å². The number of rotatable bonds is 6. The van der Waals surface area contributed by atoms with Gasteiger partial charge in [0, 0.05) is 26.1 Å². The van der Waals surface area contributed by atoms with Gasteiger partial charge in [-0.05, 0) is 6.42 Å². The molecule has 7 heteroatoms. The highest BCUT2D eigenvalue weighted by atomic mass is 16.5. The molecular weight excluding hydrogens is 282 g/mol. The summed E-state index contributed by atoms with van der Waals surface area (Å²) in [5.74, 6) is 1.30. The zero-order valence-electron chi connectivity index (χ0n) is 13.4. The summed E-state index contributed by atoms with van der Waals surface area (Å²) in [6, 6.07) is 0. The maximum atomic E-state index is 12.3. The van der Waals surface area contributed by atoms with Crippen LogP contribution in [0.4, 0.5) is 11.5 Å². The van der Waals surface area contributed by atoms with Crippen LogP contribution in [0.25, 0.3) is 0 Å². The fourth-order valence-electron chi connectivity index (χ4n) is 2.26. The largest absolute Gasteiger partial charge is 0.361 e. The van der Waals surface area contributed by atoms with Gasteiger partial charge >= 0.3 is 0 Å². The first-order valence-corrected chi connectivity index (χ1v) is 7.30. The van der Waals surface area contributed by atoms with Gasteiger partial charge in [0.25, 0.3) is 0 Å². The lowest BCUT2D eigenvalue weighted by Gasteiger charge is -2.15. The number of nitrogens with one attached hydrogen (secondary N) is 1. The van der Waals surface area contributed by atoms with Gasteiger partial charge in [-0.1, -0.05) is 19.0 Å². The first kappa shape index (κ1) is 15.9. The van der Waals surface area contributed by atoms with Gasteiger partial charge in [-0.2, -0.15) is 0 Å². The predicted molar refractivity (Wildman–Crippen MR) is 84.0 cm³/mol. The van der Waals surface area contributed by atoms with Gasteiger partial charge in [-0.25, -0.2) is 9.97 Å². The molecule has 2 aromatic rings. The van der Waals surface area contributed by atoms with Crippen molar-refractivity contribution in [2.75, 3.05) is 24.3 Å². The summed E-state index contributed by atoms with van der Waals surface area (Å²) in [7, 11) is 3.73. The standard InChI is InChI=1S/C15H21N5O2/c1-5-11-10(13(6-2)22-19-11)7-14(21)18-12-8-16-9-17-15(12)20(3)4/h8-9H,5-7H2,1-4H3,(H,18,21). The van der Waals surface area contributed by atoms with Gasteiger partial charge < -0.3 is 14.7 Å². The van der Waals surface area contributed by atoms with Crippen molar-refractivity contribution in [3.05, 3.63) is 29.5 Å². The van der Waals surface area contributed by atoms with E-state index in [2.05, 4.69) is 20.4 Å². The third-order valence-corrected chi connectivity index (χ3v) is 3.33. The number of nitrogens with zero attached hydrogens (tertiary/aromatic N) is 4. The Morgan fingerprint density at radius 3 is 2.73 bits per heavy atom. The van der Waals surface area contributed by atoms with E-state index in [-0.39, 0.29) is 12.3 Å². The lowest BCUT2D eigenvalue weighted by atomic mass is 10.1. The number of aromatic nitrogens is 3. The molecule has 0 saturated heterocycles. The van der Waals surface area contributed by atoms with Crippen LogP contribution in [0.5, 0.6) is 0 Å². The van der Waals surface area contributed by atoms with Crippen molar-refractivity contribution in [3.8, 4) is 0 Å². The van der Waals surface area contributed by atoms with Crippen LogP contribution < -0.4 is 10.2 Å². The molecule has 0 radical (unpaired) electrons. The molecule has 1 N–H and O–H groups in total. The van der Waals surface area contributed by atoms with Gasteiger partial charge in [0.1, 0.15) is 17.8 Å². The lowest BCUT2D eigenvalue weighted by molar-refractivity contribution is -0.115. The van der Waals surface area contributed by atoms with Crippen molar-refractivity contribution in [2.24, 2.45) is 0 Å². The summed E-state index contributed by atoms with van der Waals surface area (Å²) in [6.45, 7) is 3.98. The van der Waals surface area contributed by atoms with Gasteiger partial charge in [0.2, 0.25) is 5.91 Å². The fraction of sp³-hybridized carbons (Fsp3) is 0.467. The number of carbonyl (C=O) groups is 1. The number of carbonyl (C=O) groups excluding carboxylic acids is 1. The second-order valence-corrected chi connectivity index (χ2v) is 5.12. The highest BCUT2D eigenvalue weighted by Crippen LogP contribution is 2.21. The van der Waals surface area contributed by atoms with E-state index in [0.717, 1.165) is 23.4 Å². The van der Waals surface area contributed by atoms with Gasteiger partial charge in [0.05, 0.1) is 18.3 Å². The van der Waals surface area contributed by atoms with Gasteiger partial charge in [-0.3, -0.25) is 4.79 Å². The van der Waals surface area contributed by atoms with Crippen molar-refractivity contribution in [1.29, 1.82) is 0 Å². The third kappa shape index (κ3) is 3.41. The minimum atomic E-state index is -0.134. The number of hydrogen-bond acceptors (Lipinski definition) is 6. The summed E-state index contributed by atoms with van der Waals surface area (Å²) in [5.41, 5.74) is 2.31. The molecule has 0 spiro atoms. The normalized spacial score (nSPS) is 10.5. The molecule has 118 valence electrons. The Bertz CT molecular complexity index is 630. The van der Waals surface area contributed by atoms with Crippen LogP contribution in [0.2, 0.25) is 0 Å². The number of hydrogen-bond donors (Lipinski definition) is 1. The van der Waals surface area contributed by atoms with E-state index >= 15 is 0 Å². The van der Waals surface area contributed by atoms with E-state index in [0.29, 0.717) is 17.9 Å². The number of aryl methyl sites for hydroxylation is 2. The summed E-state index contributed by atoms with van der Waals surface area (Å²) < 4.78 is 5.29. The van der Waals surface area contributed by atoms with E-state index in [1.165, 1.54) is 6.33 Å². The maximum absolute atomic E-state index is 12.3. The Morgan fingerprint density at radius 1 is 1.32 bits per heavy atom. The molecule has 0 unspecified atom stereocenters. The first-order valence-electron chi connectivity index (χ1n) is 7.30. The molecule has 0 aliphatic carbocycles. The Morgan fingerprint density at radius 2 is 2.09 bits per heavy atom. The molecule has 0 atom stereocenters. The Kier molecular flexibility index (Phi) is 5.08. The topological polar surface area (TPSA) is 84.2 Å². The number of anilines is 2. The van der Waals surface area contributed by atoms with Crippen LogP contribution in [-0.2, 0) is 24.1 Å². The fourth-order valence-corrected chi connectivity index (χ4v) is 2.26. The van der Waals surface area contributed by atoms with E-state index in [1.807, 2.05) is 32.8 Å². The van der Waals surface area contributed by atoms with Crippen LogP contribution in [0, 0.1) is 0 Å². The Labute approximate surface area is 129 Å². The molecule has 2 rings (SSSR count). The molecule has 2 aromatic heterocycles. The smallest absolute Gasteiger partial charge is 0.229 e. The summed E-state index contributed by atoms with van der Waals surface area (Å²) in [6.07, 6.45) is 4.73. The molecule has 0 aliphatic rings. The lowest BCUT2D eigenvalue weighted by Crippen LogP contribution is -2.20. The first-order chi connectivity index (χ1) is 10.6. The van der Waals surface area contributed by atoms with Crippen LogP contribution in [0.3, 0.4) is 0 Å². The summed E-state index contributed by atoms with van der Waals surface area (Å²) >= 11 is 0. The molecule has 0 bridgehead atoms. The average Bonchev–Trinajstić information content (AvgIpc) is 2.89. The van der Waals surface area contributed by atoms with Crippen LogP contribution in [0.1, 0.15) is 30.9 Å². The molecule has 22 heavy (non-hydrogen) atoms.